The van der Waals surface area contributed by atoms with Gasteiger partial charge in [0.05, 0.1) is 11.0 Å². The van der Waals surface area contributed by atoms with Crippen LogP contribution in [0.25, 0.3) is 11.0 Å². The van der Waals surface area contributed by atoms with E-state index in [2.05, 4.69) is 20.6 Å². The molecule has 122 valence electrons. The molecule has 1 aliphatic heterocycles. The van der Waals surface area contributed by atoms with Gasteiger partial charge in [0.25, 0.3) is 0 Å². The van der Waals surface area contributed by atoms with Gasteiger partial charge in [-0.25, -0.2) is 4.79 Å². The first-order valence-corrected chi connectivity index (χ1v) is 7.56. The molecule has 0 bridgehead atoms. The summed E-state index contributed by atoms with van der Waals surface area (Å²) in [5.41, 5.74) is 1.36. The van der Waals surface area contributed by atoms with Gasteiger partial charge in [-0.2, -0.15) is 0 Å². The number of H-pyrrole nitrogens is 2. The number of nitrogens with one attached hydrogen (secondary N) is 4. The first-order chi connectivity index (χ1) is 10.8. The highest BCUT2D eigenvalue weighted by atomic mass is 16.2. The van der Waals surface area contributed by atoms with E-state index in [9.17, 15) is 14.4 Å². The number of imidazole rings is 1. The number of benzene rings is 1. The summed E-state index contributed by atoms with van der Waals surface area (Å²) in [4.78, 5) is 41.2. The molecule has 0 spiro atoms. The summed E-state index contributed by atoms with van der Waals surface area (Å²) < 4.78 is 0. The van der Waals surface area contributed by atoms with E-state index in [0.29, 0.717) is 23.3 Å². The minimum Gasteiger partial charge on any atom is -0.355 e. The predicted molar refractivity (Wildman–Crippen MR) is 87.0 cm³/mol. The number of amides is 2. The average Bonchev–Trinajstić information content (AvgIpc) is 2.99. The van der Waals surface area contributed by atoms with Gasteiger partial charge in [0.15, 0.2) is 0 Å². The van der Waals surface area contributed by atoms with Gasteiger partial charge in [0.2, 0.25) is 11.8 Å². The van der Waals surface area contributed by atoms with Crippen molar-refractivity contribution in [2.75, 3.05) is 11.9 Å². The molecule has 2 heterocycles. The Morgan fingerprint density at radius 2 is 1.87 bits per heavy atom. The SMILES string of the molecule is CC(C)(C)[C@@H]1CNC(=O)[C@@H]1C(=O)Nc1ccc2[nH]c(=O)[nH]c2c1. The smallest absolute Gasteiger partial charge is 0.323 e. The van der Waals surface area contributed by atoms with Crippen molar-refractivity contribution in [2.24, 2.45) is 17.3 Å². The van der Waals surface area contributed by atoms with Crippen molar-refractivity contribution in [2.45, 2.75) is 20.8 Å². The lowest BCUT2D eigenvalue weighted by molar-refractivity contribution is -0.132. The van der Waals surface area contributed by atoms with E-state index in [0.717, 1.165) is 0 Å². The zero-order chi connectivity index (χ0) is 16.8. The van der Waals surface area contributed by atoms with Crippen LogP contribution < -0.4 is 16.3 Å². The second-order valence-electron chi connectivity index (χ2n) is 7.02. The number of hydrogen-bond donors (Lipinski definition) is 4. The highest BCUT2D eigenvalue weighted by Gasteiger charge is 2.45. The molecule has 7 heteroatoms. The van der Waals surface area contributed by atoms with Crippen molar-refractivity contribution >= 4 is 28.5 Å². The molecule has 2 atom stereocenters. The molecule has 1 saturated heterocycles. The first-order valence-electron chi connectivity index (χ1n) is 7.56. The normalized spacial score (nSPS) is 21.4. The summed E-state index contributed by atoms with van der Waals surface area (Å²) in [6, 6.07) is 5.08. The molecule has 1 aromatic heterocycles. The predicted octanol–water partition coefficient (Wildman–Crippen LogP) is 1.20. The largest absolute Gasteiger partial charge is 0.355 e. The summed E-state index contributed by atoms with van der Waals surface area (Å²) >= 11 is 0. The lowest BCUT2D eigenvalue weighted by atomic mass is 9.74. The van der Waals surface area contributed by atoms with E-state index < -0.39 is 5.92 Å². The van der Waals surface area contributed by atoms with E-state index >= 15 is 0 Å². The molecule has 3 rings (SSSR count). The third-order valence-electron chi connectivity index (χ3n) is 4.36. The fourth-order valence-corrected chi connectivity index (χ4v) is 3.06. The molecular weight excluding hydrogens is 296 g/mol. The minimum absolute atomic E-state index is 0.0641. The number of carbonyl (C=O) groups is 2. The number of hydrogen-bond acceptors (Lipinski definition) is 3. The van der Waals surface area contributed by atoms with Gasteiger partial charge in [-0.3, -0.25) is 9.59 Å². The van der Waals surface area contributed by atoms with Crippen molar-refractivity contribution in [3.8, 4) is 0 Å². The maximum atomic E-state index is 12.6. The Morgan fingerprint density at radius 1 is 1.17 bits per heavy atom. The van der Waals surface area contributed by atoms with Crippen LogP contribution in [0.1, 0.15) is 20.8 Å². The average molecular weight is 316 g/mol. The molecule has 1 aromatic carbocycles. The van der Waals surface area contributed by atoms with Crippen LogP contribution in [0.3, 0.4) is 0 Å². The maximum absolute atomic E-state index is 12.6. The number of anilines is 1. The number of fused-ring (bicyclic) bond motifs is 1. The van der Waals surface area contributed by atoms with Crippen molar-refractivity contribution < 1.29 is 9.59 Å². The summed E-state index contributed by atoms with van der Waals surface area (Å²) in [7, 11) is 0. The molecule has 0 unspecified atom stereocenters. The second-order valence-corrected chi connectivity index (χ2v) is 7.02. The fourth-order valence-electron chi connectivity index (χ4n) is 3.06. The standard InChI is InChI=1S/C16H20N4O3/c1-16(2,3)9-7-17-13(21)12(9)14(22)18-8-4-5-10-11(6-8)20-15(23)19-10/h4-6,9,12H,7H2,1-3H3,(H,17,21)(H,18,22)(H2,19,20,23)/t9-,12-/m1/s1. The van der Waals surface area contributed by atoms with E-state index in [1.807, 2.05) is 20.8 Å². The van der Waals surface area contributed by atoms with Crippen molar-refractivity contribution in [1.29, 1.82) is 0 Å². The summed E-state index contributed by atoms with van der Waals surface area (Å²) in [6.07, 6.45) is 0. The molecular formula is C16H20N4O3. The van der Waals surface area contributed by atoms with Gasteiger partial charge in [-0.1, -0.05) is 20.8 Å². The quantitative estimate of drug-likeness (QED) is 0.625. The van der Waals surface area contributed by atoms with Crippen LogP contribution in [0.5, 0.6) is 0 Å². The number of aromatic amines is 2. The van der Waals surface area contributed by atoms with Gasteiger partial charge >= 0.3 is 5.69 Å². The monoisotopic (exact) mass is 316 g/mol. The highest BCUT2D eigenvalue weighted by Crippen LogP contribution is 2.35. The van der Waals surface area contributed by atoms with Gasteiger partial charge < -0.3 is 20.6 Å². The molecule has 2 aromatic rings. The summed E-state index contributed by atoms with van der Waals surface area (Å²) in [6.45, 7) is 6.57. The maximum Gasteiger partial charge on any atom is 0.323 e. The first kappa shape index (κ1) is 15.3. The Bertz CT molecular complexity index is 828. The second kappa shape index (κ2) is 5.26. The Morgan fingerprint density at radius 3 is 2.57 bits per heavy atom. The minimum atomic E-state index is -0.712. The Kier molecular flexibility index (Phi) is 3.50. The van der Waals surface area contributed by atoms with E-state index in [1.54, 1.807) is 18.2 Å². The van der Waals surface area contributed by atoms with E-state index in [1.165, 1.54) is 0 Å². The van der Waals surface area contributed by atoms with Gasteiger partial charge in [0.1, 0.15) is 5.92 Å². The van der Waals surface area contributed by atoms with Crippen LogP contribution in [-0.2, 0) is 9.59 Å². The summed E-state index contributed by atoms with van der Waals surface area (Å²) in [5, 5.41) is 5.56. The zero-order valence-electron chi connectivity index (χ0n) is 13.3. The van der Waals surface area contributed by atoms with Crippen LogP contribution >= 0.6 is 0 Å². The van der Waals surface area contributed by atoms with E-state index in [4.69, 9.17) is 0 Å². The number of aromatic nitrogens is 2. The van der Waals surface area contributed by atoms with Crippen LogP contribution in [-0.4, -0.2) is 28.3 Å². The zero-order valence-corrected chi connectivity index (χ0v) is 13.3. The fraction of sp³-hybridized carbons (Fsp3) is 0.438. The Labute approximate surface area is 132 Å². The molecule has 2 amide bonds. The van der Waals surface area contributed by atoms with Crippen molar-refractivity contribution in [1.82, 2.24) is 15.3 Å². The Balaban J connectivity index is 1.84. The molecule has 0 saturated carbocycles. The molecule has 23 heavy (non-hydrogen) atoms. The number of carbonyl (C=O) groups excluding carboxylic acids is 2. The molecule has 0 radical (unpaired) electrons. The van der Waals surface area contributed by atoms with Crippen LogP contribution in [0.15, 0.2) is 23.0 Å². The third kappa shape index (κ3) is 2.86. The molecule has 0 aliphatic carbocycles. The third-order valence-corrected chi connectivity index (χ3v) is 4.36. The Hall–Kier alpha value is -2.57. The van der Waals surface area contributed by atoms with Crippen molar-refractivity contribution in [3.63, 3.8) is 0 Å². The van der Waals surface area contributed by atoms with Gasteiger partial charge in [-0.15, -0.1) is 0 Å². The van der Waals surface area contributed by atoms with Crippen molar-refractivity contribution in [3.05, 3.63) is 28.7 Å². The topological polar surface area (TPSA) is 107 Å². The lowest BCUT2D eigenvalue weighted by Gasteiger charge is -2.29. The van der Waals surface area contributed by atoms with Gasteiger partial charge in [0, 0.05) is 18.2 Å². The summed E-state index contributed by atoms with van der Waals surface area (Å²) in [5.74, 6) is -1.34. The van der Waals surface area contributed by atoms with Crippen LogP contribution in [0.2, 0.25) is 0 Å². The number of rotatable bonds is 2. The lowest BCUT2D eigenvalue weighted by Crippen LogP contribution is -2.37. The molecule has 7 nitrogen and oxygen atoms in total. The highest BCUT2D eigenvalue weighted by molar-refractivity contribution is 6.08. The van der Waals surface area contributed by atoms with Crippen LogP contribution in [0.4, 0.5) is 5.69 Å². The molecule has 1 fully saturated rings. The molecule has 4 N–H and O–H groups in total. The molecule has 1 aliphatic rings. The van der Waals surface area contributed by atoms with Crippen LogP contribution in [0, 0.1) is 17.3 Å². The van der Waals surface area contributed by atoms with E-state index in [-0.39, 0.29) is 28.8 Å². The van der Waals surface area contributed by atoms with Gasteiger partial charge in [-0.05, 0) is 23.6 Å².